The monoisotopic (exact) mass is 352 g/mol. The Morgan fingerprint density at radius 2 is 2.00 bits per heavy atom. The minimum atomic E-state index is -3.04. The Hall–Kier alpha value is -1.70. The SMILES string of the molecule is Cc1nccc(N2CCC(N3CC(CS(C)(=O)=O)CC3=O)CC2)n1. The first kappa shape index (κ1) is 17.1. The predicted molar refractivity (Wildman–Crippen MR) is 91.5 cm³/mol. The van der Waals surface area contributed by atoms with Gasteiger partial charge in [0.25, 0.3) is 0 Å². The van der Waals surface area contributed by atoms with E-state index in [2.05, 4.69) is 14.9 Å². The van der Waals surface area contributed by atoms with Crippen LogP contribution in [0.25, 0.3) is 0 Å². The number of anilines is 1. The summed E-state index contributed by atoms with van der Waals surface area (Å²) in [6, 6.07) is 2.12. The summed E-state index contributed by atoms with van der Waals surface area (Å²) in [5.74, 6) is 1.83. The Morgan fingerprint density at radius 1 is 1.29 bits per heavy atom. The number of carbonyl (C=O) groups excluding carboxylic acids is 1. The molecule has 2 aliphatic rings. The standard InChI is InChI=1S/C16H24N4O3S/c1-12-17-6-3-15(18-12)19-7-4-14(5-8-19)20-10-13(9-16(20)21)11-24(2,22)23/h3,6,13-14H,4-5,7-11H2,1-2H3. The molecule has 0 aliphatic carbocycles. The predicted octanol–water partition coefficient (Wildman–Crippen LogP) is 0.647. The molecule has 0 spiro atoms. The van der Waals surface area contributed by atoms with Gasteiger partial charge in [-0.3, -0.25) is 4.79 Å². The van der Waals surface area contributed by atoms with Gasteiger partial charge in [0.05, 0.1) is 5.75 Å². The maximum absolute atomic E-state index is 12.3. The van der Waals surface area contributed by atoms with Gasteiger partial charge in [0, 0.05) is 44.5 Å². The molecular formula is C16H24N4O3S. The Kier molecular flexibility index (Phi) is 4.76. The fraction of sp³-hybridized carbons (Fsp3) is 0.688. The molecule has 1 aromatic rings. The van der Waals surface area contributed by atoms with Crippen LogP contribution in [0, 0.1) is 12.8 Å². The van der Waals surface area contributed by atoms with Crippen LogP contribution in [-0.4, -0.2) is 66.9 Å². The van der Waals surface area contributed by atoms with Crippen molar-refractivity contribution in [3.63, 3.8) is 0 Å². The Balaban J connectivity index is 1.58. The van der Waals surface area contributed by atoms with E-state index in [1.165, 1.54) is 6.26 Å². The summed E-state index contributed by atoms with van der Waals surface area (Å²) >= 11 is 0. The third-order valence-electron chi connectivity index (χ3n) is 4.77. The molecule has 2 aliphatic heterocycles. The fourth-order valence-corrected chi connectivity index (χ4v) is 4.81. The minimum Gasteiger partial charge on any atom is -0.356 e. The second-order valence-corrected chi connectivity index (χ2v) is 9.07. The van der Waals surface area contributed by atoms with Gasteiger partial charge in [0.1, 0.15) is 21.5 Å². The number of aryl methyl sites for hydroxylation is 1. The normalized spacial score (nSPS) is 23.1. The van der Waals surface area contributed by atoms with Gasteiger partial charge in [-0.05, 0) is 31.7 Å². The van der Waals surface area contributed by atoms with E-state index in [0.29, 0.717) is 13.0 Å². The molecule has 0 aromatic carbocycles. The van der Waals surface area contributed by atoms with Crippen molar-refractivity contribution in [1.82, 2.24) is 14.9 Å². The van der Waals surface area contributed by atoms with Crippen LogP contribution in [0.15, 0.2) is 12.3 Å². The molecule has 2 fully saturated rings. The van der Waals surface area contributed by atoms with Crippen LogP contribution in [0.2, 0.25) is 0 Å². The molecule has 2 saturated heterocycles. The Morgan fingerprint density at radius 3 is 2.62 bits per heavy atom. The molecule has 1 amide bonds. The molecular weight excluding hydrogens is 328 g/mol. The van der Waals surface area contributed by atoms with E-state index in [9.17, 15) is 13.2 Å². The molecule has 132 valence electrons. The highest BCUT2D eigenvalue weighted by Crippen LogP contribution is 2.27. The van der Waals surface area contributed by atoms with Crippen molar-refractivity contribution in [2.75, 3.05) is 36.5 Å². The molecule has 1 aromatic heterocycles. The second kappa shape index (κ2) is 6.66. The first-order valence-corrected chi connectivity index (χ1v) is 10.4. The van der Waals surface area contributed by atoms with Gasteiger partial charge in [-0.15, -0.1) is 0 Å². The Bertz CT molecular complexity index is 714. The van der Waals surface area contributed by atoms with Crippen molar-refractivity contribution in [1.29, 1.82) is 0 Å². The zero-order chi connectivity index (χ0) is 17.3. The third kappa shape index (κ3) is 4.03. The highest BCUT2D eigenvalue weighted by atomic mass is 32.2. The largest absolute Gasteiger partial charge is 0.356 e. The van der Waals surface area contributed by atoms with Gasteiger partial charge >= 0.3 is 0 Å². The van der Waals surface area contributed by atoms with Crippen molar-refractivity contribution >= 4 is 21.6 Å². The summed E-state index contributed by atoms with van der Waals surface area (Å²) in [7, 11) is -3.04. The van der Waals surface area contributed by atoms with Crippen LogP contribution in [-0.2, 0) is 14.6 Å². The van der Waals surface area contributed by atoms with E-state index < -0.39 is 9.84 Å². The second-order valence-electron chi connectivity index (χ2n) is 6.89. The minimum absolute atomic E-state index is 0.0601. The van der Waals surface area contributed by atoms with E-state index in [4.69, 9.17) is 0 Å². The number of sulfone groups is 1. The number of aromatic nitrogens is 2. The number of likely N-dealkylation sites (tertiary alicyclic amines) is 1. The molecule has 8 heteroatoms. The summed E-state index contributed by atoms with van der Waals surface area (Å²) in [4.78, 5) is 25.0. The maximum Gasteiger partial charge on any atom is 0.223 e. The number of hydrogen-bond donors (Lipinski definition) is 0. The van der Waals surface area contributed by atoms with Crippen LogP contribution >= 0.6 is 0 Å². The molecule has 3 rings (SSSR count). The van der Waals surface area contributed by atoms with Crippen molar-refractivity contribution in [3.8, 4) is 0 Å². The maximum atomic E-state index is 12.3. The van der Waals surface area contributed by atoms with Crippen molar-refractivity contribution in [3.05, 3.63) is 18.1 Å². The summed E-state index contributed by atoms with van der Waals surface area (Å²) in [5.41, 5.74) is 0. The fourth-order valence-electron chi connectivity index (χ4n) is 3.73. The zero-order valence-electron chi connectivity index (χ0n) is 14.2. The smallest absolute Gasteiger partial charge is 0.223 e. The molecule has 3 heterocycles. The van der Waals surface area contributed by atoms with Gasteiger partial charge in [0.2, 0.25) is 5.91 Å². The summed E-state index contributed by atoms with van der Waals surface area (Å²) in [6.45, 7) is 4.15. The lowest BCUT2D eigenvalue weighted by molar-refractivity contribution is -0.130. The number of hydrogen-bond acceptors (Lipinski definition) is 6. The summed E-state index contributed by atoms with van der Waals surface area (Å²) in [5, 5.41) is 0. The summed E-state index contributed by atoms with van der Waals surface area (Å²) in [6.07, 6.45) is 5.14. The lowest BCUT2D eigenvalue weighted by atomic mass is 10.0. The molecule has 0 radical (unpaired) electrons. The van der Waals surface area contributed by atoms with Crippen molar-refractivity contribution < 1.29 is 13.2 Å². The highest BCUT2D eigenvalue weighted by molar-refractivity contribution is 7.90. The lowest BCUT2D eigenvalue weighted by Gasteiger charge is -2.37. The molecule has 0 bridgehead atoms. The third-order valence-corrected chi connectivity index (χ3v) is 5.84. The van der Waals surface area contributed by atoms with E-state index in [-0.39, 0.29) is 23.6 Å². The summed E-state index contributed by atoms with van der Waals surface area (Å²) < 4.78 is 22.9. The van der Waals surface area contributed by atoms with Crippen LogP contribution in [0.5, 0.6) is 0 Å². The van der Waals surface area contributed by atoms with Crippen LogP contribution in [0.1, 0.15) is 25.1 Å². The first-order chi connectivity index (χ1) is 11.3. The van der Waals surface area contributed by atoms with Crippen LogP contribution < -0.4 is 4.90 Å². The van der Waals surface area contributed by atoms with Crippen molar-refractivity contribution in [2.24, 2.45) is 5.92 Å². The Labute approximate surface area is 143 Å². The quantitative estimate of drug-likeness (QED) is 0.791. The number of amides is 1. The lowest BCUT2D eigenvalue weighted by Crippen LogP contribution is -2.46. The van der Waals surface area contributed by atoms with Gasteiger partial charge < -0.3 is 9.80 Å². The van der Waals surface area contributed by atoms with Crippen LogP contribution in [0.3, 0.4) is 0 Å². The number of carbonyl (C=O) groups is 1. The first-order valence-electron chi connectivity index (χ1n) is 8.33. The zero-order valence-corrected chi connectivity index (χ0v) is 15.0. The highest BCUT2D eigenvalue weighted by Gasteiger charge is 2.37. The van der Waals surface area contributed by atoms with E-state index in [0.717, 1.165) is 37.6 Å². The number of piperidine rings is 1. The average molecular weight is 352 g/mol. The van der Waals surface area contributed by atoms with Gasteiger partial charge in [-0.25, -0.2) is 18.4 Å². The van der Waals surface area contributed by atoms with E-state index in [1.54, 1.807) is 6.20 Å². The van der Waals surface area contributed by atoms with Gasteiger partial charge in [-0.2, -0.15) is 0 Å². The topological polar surface area (TPSA) is 83.5 Å². The molecule has 0 N–H and O–H groups in total. The number of nitrogens with zero attached hydrogens (tertiary/aromatic N) is 4. The van der Waals surface area contributed by atoms with Crippen molar-refractivity contribution in [2.45, 2.75) is 32.2 Å². The average Bonchev–Trinajstić information content (AvgIpc) is 2.86. The molecule has 0 saturated carbocycles. The van der Waals surface area contributed by atoms with Gasteiger partial charge in [0.15, 0.2) is 0 Å². The van der Waals surface area contributed by atoms with E-state index in [1.807, 2.05) is 17.9 Å². The van der Waals surface area contributed by atoms with Gasteiger partial charge in [-0.1, -0.05) is 0 Å². The molecule has 24 heavy (non-hydrogen) atoms. The number of rotatable bonds is 4. The molecule has 7 nitrogen and oxygen atoms in total. The molecule has 1 atom stereocenters. The van der Waals surface area contributed by atoms with E-state index >= 15 is 0 Å². The van der Waals surface area contributed by atoms with Crippen LogP contribution in [0.4, 0.5) is 5.82 Å². The molecule has 1 unspecified atom stereocenters.